The highest BCUT2D eigenvalue weighted by Crippen LogP contribution is 2.25. The van der Waals surface area contributed by atoms with E-state index in [1.54, 1.807) is 25.1 Å². The van der Waals surface area contributed by atoms with Crippen molar-refractivity contribution in [3.8, 4) is 11.4 Å². The molecule has 0 atom stereocenters. The molecule has 0 saturated carbocycles. The molecule has 18 heavy (non-hydrogen) atoms. The summed E-state index contributed by atoms with van der Waals surface area (Å²) in [5.74, 6) is 0.397. The van der Waals surface area contributed by atoms with E-state index in [1.807, 2.05) is 0 Å². The number of benzene rings is 1. The van der Waals surface area contributed by atoms with Gasteiger partial charge in [-0.1, -0.05) is 12.1 Å². The molecule has 0 aliphatic heterocycles. The average Bonchev–Trinajstić information content (AvgIpc) is 2.78. The number of halogens is 1. The van der Waals surface area contributed by atoms with Crippen LogP contribution in [-0.4, -0.2) is 19.9 Å². The summed E-state index contributed by atoms with van der Waals surface area (Å²) in [7, 11) is 0. The van der Waals surface area contributed by atoms with Crippen LogP contribution in [0.2, 0.25) is 0 Å². The summed E-state index contributed by atoms with van der Waals surface area (Å²) < 4.78 is 14.0. The molecule has 0 amide bonds. The number of rotatable bonds is 1. The average molecular weight is 243 g/mol. The maximum absolute atomic E-state index is 14.0. The molecule has 3 N–H and O–H groups in total. The molecule has 3 rings (SSSR count). The Morgan fingerprint density at radius 2 is 2.11 bits per heavy atom. The summed E-state index contributed by atoms with van der Waals surface area (Å²) >= 11 is 0. The van der Waals surface area contributed by atoms with Gasteiger partial charge in [0.2, 0.25) is 0 Å². The van der Waals surface area contributed by atoms with Gasteiger partial charge in [-0.3, -0.25) is 0 Å². The second-order valence-corrected chi connectivity index (χ2v) is 3.98. The fraction of sp³-hybridized carbons (Fsp3) is 0.0833. The summed E-state index contributed by atoms with van der Waals surface area (Å²) in [6.45, 7) is 1.70. The summed E-state index contributed by atoms with van der Waals surface area (Å²) in [6.07, 6.45) is 1.33. The summed E-state index contributed by atoms with van der Waals surface area (Å²) in [6, 6.07) is 5.13. The first-order valence-corrected chi connectivity index (χ1v) is 5.38. The fourth-order valence-electron chi connectivity index (χ4n) is 1.80. The first-order chi connectivity index (χ1) is 8.66. The van der Waals surface area contributed by atoms with Gasteiger partial charge in [0.1, 0.15) is 23.5 Å². The molecule has 3 aromatic rings. The molecule has 0 unspecified atom stereocenters. The van der Waals surface area contributed by atoms with Gasteiger partial charge in [-0.25, -0.2) is 19.3 Å². The molecule has 2 heterocycles. The number of aromatic nitrogens is 4. The zero-order valence-corrected chi connectivity index (χ0v) is 9.61. The maximum Gasteiger partial charge on any atom is 0.183 e. The van der Waals surface area contributed by atoms with E-state index in [2.05, 4.69) is 19.9 Å². The van der Waals surface area contributed by atoms with Crippen molar-refractivity contribution in [2.45, 2.75) is 6.92 Å². The number of nitrogens with one attached hydrogen (secondary N) is 1. The van der Waals surface area contributed by atoms with Crippen molar-refractivity contribution in [1.29, 1.82) is 0 Å². The van der Waals surface area contributed by atoms with E-state index in [-0.39, 0.29) is 5.82 Å². The standard InChI is InChI=1S/C12H10FN5/c1-6-3-2-4-7(8(6)13)11-17-9-10(14)15-5-16-12(9)18-11/h2-5H,1H3,(H3,14,15,16,17,18). The van der Waals surface area contributed by atoms with Crippen molar-refractivity contribution in [1.82, 2.24) is 19.9 Å². The highest BCUT2D eigenvalue weighted by atomic mass is 19.1. The minimum absolute atomic E-state index is 0.298. The molecule has 5 nitrogen and oxygen atoms in total. The Morgan fingerprint density at radius 1 is 1.28 bits per heavy atom. The maximum atomic E-state index is 14.0. The largest absolute Gasteiger partial charge is 0.382 e. The number of aryl methyl sites for hydroxylation is 1. The van der Waals surface area contributed by atoms with Crippen molar-refractivity contribution in [3.05, 3.63) is 35.9 Å². The number of imidazole rings is 1. The minimum atomic E-state index is -0.303. The summed E-state index contributed by atoms with van der Waals surface area (Å²) in [5.41, 5.74) is 7.61. The molecule has 0 bridgehead atoms. The van der Waals surface area contributed by atoms with Gasteiger partial charge in [-0.05, 0) is 18.6 Å². The van der Waals surface area contributed by atoms with Crippen molar-refractivity contribution in [2.75, 3.05) is 5.73 Å². The summed E-state index contributed by atoms with van der Waals surface area (Å²) in [4.78, 5) is 15.0. The minimum Gasteiger partial charge on any atom is -0.382 e. The Hall–Kier alpha value is -2.50. The first-order valence-electron chi connectivity index (χ1n) is 5.38. The molecule has 0 aliphatic rings. The predicted octanol–water partition coefficient (Wildman–Crippen LogP) is 2.05. The topological polar surface area (TPSA) is 80.5 Å². The molecule has 2 aromatic heterocycles. The predicted molar refractivity (Wildman–Crippen MR) is 66.2 cm³/mol. The zero-order chi connectivity index (χ0) is 12.7. The van der Waals surface area contributed by atoms with Crippen molar-refractivity contribution >= 4 is 17.0 Å². The molecule has 0 fully saturated rings. The Morgan fingerprint density at radius 3 is 2.89 bits per heavy atom. The van der Waals surface area contributed by atoms with Gasteiger partial charge in [0.15, 0.2) is 11.5 Å². The molecule has 0 spiro atoms. The van der Waals surface area contributed by atoms with E-state index >= 15 is 0 Å². The van der Waals surface area contributed by atoms with E-state index in [0.717, 1.165) is 0 Å². The van der Waals surface area contributed by atoms with Gasteiger partial charge in [0.05, 0.1) is 5.56 Å². The van der Waals surface area contributed by atoms with Crippen LogP contribution < -0.4 is 5.73 Å². The van der Waals surface area contributed by atoms with Crippen molar-refractivity contribution in [3.63, 3.8) is 0 Å². The van der Waals surface area contributed by atoms with Gasteiger partial charge >= 0.3 is 0 Å². The van der Waals surface area contributed by atoms with Crippen LogP contribution in [0.15, 0.2) is 24.5 Å². The monoisotopic (exact) mass is 243 g/mol. The first kappa shape index (κ1) is 10.6. The lowest BCUT2D eigenvalue weighted by atomic mass is 10.1. The third kappa shape index (κ3) is 1.50. The summed E-state index contributed by atoms with van der Waals surface area (Å²) in [5, 5.41) is 0. The number of hydrogen-bond acceptors (Lipinski definition) is 4. The number of anilines is 1. The van der Waals surface area contributed by atoms with Crippen LogP contribution in [0.4, 0.5) is 10.2 Å². The van der Waals surface area contributed by atoms with Crippen molar-refractivity contribution < 1.29 is 4.39 Å². The van der Waals surface area contributed by atoms with Crippen LogP contribution >= 0.6 is 0 Å². The van der Waals surface area contributed by atoms with E-state index in [4.69, 9.17) is 5.73 Å². The molecular weight excluding hydrogens is 233 g/mol. The lowest BCUT2D eigenvalue weighted by Gasteiger charge is -2.01. The number of nitrogens with zero attached hydrogens (tertiary/aromatic N) is 3. The zero-order valence-electron chi connectivity index (χ0n) is 9.61. The van der Waals surface area contributed by atoms with Crippen molar-refractivity contribution in [2.24, 2.45) is 0 Å². The van der Waals surface area contributed by atoms with Crippen LogP contribution in [0.5, 0.6) is 0 Å². The van der Waals surface area contributed by atoms with E-state index in [0.29, 0.717) is 33.9 Å². The third-order valence-electron chi connectivity index (χ3n) is 2.76. The van der Waals surface area contributed by atoms with Gasteiger partial charge in [-0.2, -0.15) is 0 Å². The third-order valence-corrected chi connectivity index (χ3v) is 2.76. The number of aromatic amines is 1. The number of nitrogen functional groups attached to an aromatic ring is 1. The highest BCUT2D eigenvalue weighted by molar-refractivity contribution is 5.84. The quantitative estimate of drug-likeness (QED) is 0.685. The molecule has 90 valence electrons. The van der Waals surface area contributed by atoms with Crippen LogP contribution in [0.25, 0.3) is 22.6 Å². The smallest absolute Gasteiger partial charge is 0.183 e. The van der Waals surface area contributed by atoms with Crippen LogP contribution in [0.1, 0.15) is 5.56 Å². The Kier molecular flexibility index (Phi) is 2.22. The van der Waals surface area contributed by atoms with E-state index in [9.17, 15) is 4.39 Å². The van der Waals surface area contributed by atoms with Gasteiger partial charge in [0.25, 0.3) is 0 Å². The molecule has 0 radical (unpaired) electrons. The molecular formula is C12H10FN5. The van der Waals surface area contributed by atoms with Gasteiger partial charge in [-0.15, -0.1) is 0 Å². The lowest BCUT2D eigenvalue weighted by molar-refractivity contribution is 0.621. The number of nitrogens with two attached hydrogens (primary N) is 1. The lowest BCUT2D eigenvalue weighted by Crippen LogP contribution is -1.92. The number of hydrogen-bond donors (Lipinski definition) is 2. The molecule has 1 aromatic carbocycles. The Labute approximate surface area is 102 Å². The Bertz CT molecular complexity index is 734. The molecule has 0 saturated heterocycles. The fourth-order valence-corrected chi connectivity index (χ4v) is 1.80. The number of fused-ring (bicyclic) bond motifs is 1. The van der Waals surface area contributed by atoms with Gasteiger partial charge < -0.3 is 10.7 Å². The molecule has 0 aliphatic carbocycles. The second-order valence-electron chi connectivity index (χ2n) is 3.98. The normalized spacial score (nSPS) is 11.0. The SMILES string of the molecule is Cc1cccc(-c2nc3ncnc(N)c3[nH]2)c1F. The Balaban J connectivity index is 2.26. The highest BCUT2D eigenvalue weighted by Gasteiger charge is 2.13. The second kappa shape index (κ2) is 3.76. The van der Waals surface area contributed by atoms with Gasteiger partial charge in [0, 0.05) is 0 Å². The van der Waals surface area contributed by atoms with Crippen LogP contribution in [-0.2, 0) is 0 Å². The number of H-pyrrole nitrogens is 1. The molecule has 6 heteroatoms. The van der Waals surface area contributed by atoms with E-state index < -0.39 is 0 Å². The van der Waals surface area contributed by atoms with Crippen LogP contribution in [0, 0.1) is 12.7 Å². The van der Waals surface area contributed by atoms with Crippen LogP contribution in [0.3, 0.4) is 0 Å². The van der Waals surface area contributed by atoms with E-state index in [1.165, 1.54) is 6.33 Å².